The Labute approximate surface area is 119 Å². The number of aryl methyl sites for hydroxylation is 1. The summed E-state index contributed by atoms with van der Waals surface area (Å²) in [5.41, 5.74) is 8.44. The van der Waals surface area contributed by atoms with Gasteiger partial charge in [-0.25, -0.2) is 9.97 Å². The van der Waals surface area contributed by atoms with Gasteiger partial charge in [-0.2, -0.15) is 0 Å². The summed E-state index contributed by atoms with van der Waals surface area (Å²) < 4.78 is 0. The number of hydrogen-bond acceptors (Lipinski definition) is 4. The molecule has 1 aromatic heterocycles. The molecule has 1 aromatic carbocycles. The number of nitrogens with zero attached hydrogens (tertiary/aromatic N) is 3. The molecule has 1 heterocycles. The highest BCUT2D eigenvalue weighted by Gasteiger charge is 2.27. The quantitative estimate of drug-likeness (QED) is 0.926. The van der Waals surface area contributed by atoms with E-state index in [0.29, 0.717) is 11.7 Å². The van der Waals surface area contributed by atoms with Gasteiger partial charge in [0, 0.05) is 25.6 Å². The smallest absolute Gasteiger partial charge is 0.136 e. The summed E-state index contributed by atoms with van der Waals surface area (Å²) in [6.07, 6.45) is 2.37. The average Bonchev–Trinajstić information content (AvgIpc) is 3.25. The molecule has 1 aliphatic rings. The summed E-state index contributed by atoms with van der Waals surface area (Å²) in [6, 6.07) is 10.4. The lowest BCUT2D eigenvalue weighted by molar-refractivity contribution is 0.856. The van der Waals surface area contributed by atoms with Crippen molar-refractivity contribution < 1.29 is 0 Å². The van der Waals surface area contributed by atoms with Gasteiger partial charge in [0.05, 0.1) is 0 Å². The normalized spacial score (nSPS) is 14.3. The van der Waals surface area contributed by atoms with Gasteiger partial charge in [0.25, 0.3) is 0 Å². The second kappa shape index (κ2) is 5.12. The predicted molar refractivity (Wildman–Crippen MR) is 81.7 cm³/mol. The highest BCUT2D eigenvalue weighted by Crippen LogP contribution is 2.38. The molecule has 0 bridgehead atoms. The zero-order chi connectivity index (χ0) is 14.1. The Bertz CT molecular complexity index is 602. The van der Waals surface area contributed by atoms with Gasteiger partial charge in [-0.15, -0.1) is 0 Å². The van der Waals surface area contributed by atoms with Crippen LogP contribution in [0.25, 0.3) is 0 Å². The average molecular weight is 268 g/mol. The fraction of sp³-hybridized carbons (Fsp3) is 0.375. The lowest BCUT2D eigenvalue weighted by Gasteiger charge is -2.19. The SMILES string of the molecule is Cc1ccc(CN(C)c2cc(N)nc(C3CC3)n2)cc1. The van der Waals surface area contributed by atoms with E-state index in [9.17, 15) is 0 Å². The van der Waals surface area contributed by atoms with Gasteiger partial charge < -0.3 is 10.6 Å². The fourth-order valence-electron chi connectivity index (χ4n) is 2.24. The molecule has 1 fully saturated rings. The van der Waals surface area contributed by atoms with Gasteiger partial charge in [0.1, 0.15) is 17.5 Å². The van der Waals surface area contributed by atoms with E-state index >= 15 is 0 Å². The van der Waals surface area contributed by atoms with Crippen molar-refractivity contribution in [1.29, 1.82) is 0 Å². The molecule has 0 saturated heterocycles. The number of benzene rings is 1. The van der Waals surface area contributed by atoms with E-state index in [0.717, 1.165) is 18.2 Å². The molecule has 0 radical (unpaired) electrons. The summed E-state index contributed by atoms with van der Waals surface area (Å²) in [6.45, 7) is 2.92. The third-order valence-corrected chi connectivity index (χ3v) is 3.62. The summed E-state index contributed by atoms with van der Waals surface area (Å²) in [7, 11) is 2.04. The van der Waals surface area contributed by atoms with Gasteiger partial charge >= 0.3 is 0 Å². The van der Waals surface area contributed by atoms with E-state index in [1.54, 1.807) is 0 Å². The Balaban J connectivity index is 1.79. The van der Waals surface area contributed by atoms with Crippen LogP contribution in [0.4, 0.5) is 11.6 Å². The van der Waals surface area contributed by atoms with Crippen molar-refractivity contribution in [2.45, 2.75) is 32.2 Å². The van der Waals surface area contributed by atoms with Crippen molar-refractivity contribution >= 4 is 11.6 Å². The van der Waals surface area contributed by atoms with Crippen molar-refractivity contribution in [3.05, 3.63) is 47.3 Å². The Morgan fingerprint density at radius 3 is 2.55 bits per heavy atom. The van der Waals surface area contributed by atoms with Crippen molar-refractivity contribution in [3.8, 4) is 0 Å². The molecule has 4 nitrogen and oxygen atoms in total. The fourth-order valence-corrected chi connectivity index (χ4v) is 2.24. The summed E-state index contributed by atoms with van der Waals surface area (Å²) >= 11 is 0. The van der Waals surface area contributed by atoms with Crippen LogP contribution in [0.1, 0.15) is 35.7 Å². The first-order valence-corrected chi connectivity index (χ1v) is 7.03. The molecule has 104 valence electrons. The van der Waals surface area contributed by atoms with E-state index in [4.69, 9.17) is 5.73 Å². The van der Waals surface area contributed by atoms with Crippen LogP contribution >= 0.6 is 0 Å². The molecule has 4 heteroatoms. The standard InChI is InChI=1S/C16H20N4/c1-11-3-5-12(6-4-11)10-20(2)15-9-14(17)18-16(19-15)13-7-8-13/h3-6,9,13H,7-8,10H2,1-2H3,(H2,17,18,19). The molecule has 3 rings (SSSR count). The maximum atomic E-state index is 5.90. The molecule has 2 aromatic rings. The van der Waals surface area contributed by atoms with E-state index < -0.39 is 0 Å². The molecule has 1 saturated carbocycles. The molecule has 0 spiro atoms. The zero-order valence-corrected chi connectivity index (χ0v) is 12.0. The van der Waals surface area contributed by atoms with E-state index in [1.165, 1.54) is 24.0 Å². The number of nitrogens with two attached hydrogens (primary N) is 1. The number of rotatable bonds is 4. The molecular formula is C16H20N4. The highest BCUT2D eigenvalue weighted by atomic mass is 15.2. The molecule has 1 aliphatic carbocycles. The second-order valence-corrected chi connectivity index (χ2v) is 5.63. The highest BCUT2D eigenvalue weighted by molar-refractivity contribution is 5.47. The van der Waals surface area contributed by atoms with Gasteiger partial charge in [-0.05, 0) is 25.3 Å². The van der Waals surface area contributed by atoms with E-state index in [2.05, 4.69) is 46.1 Å². The predicted octanol–water partition coefficient (Wildman–Crippen LogP) is 2.88. The molecule has 0 aliphatic heterocycles. The van der Waals surface area contributed by atoms with Crippen LogP contribution in [-0.4, -0.2) is 17.0 Å². The van der Waals surface area contributed by atoms with Gasteiger partial charge in [0.15, 0.2) is 0 Å². The monoisotopic (exact) mass is 268 g/mol. The first kappa shape index (κ1) is 12.9. The summed E-state index contributed by atoms with van der Waals surface area (Å²) in [5, 5.41) is 0. The minimum absolute atomic E-state index is 0.519. The van der Waals surface area contributed by atoms with E-state index in [-0.39, 0.29) is 0 Å². The van der Waals surface area contributed by atoms with Crippen LogP contribution < -0.4 is 10.6 Å². The first-order valence-electron chi connectivity index (χ1n) is 7.03. The topological polar surface area (TPSA) is 55.0 Å². The Morgan fingerprint density at radius 1 is 1.20 bits per heavy atom. The molecule has 0 unspecified atom stereocenters. The van der Waals surface area contributed by atoms with Crippen molar-refractivity contribution in [2.24, 2.45) is 0 Å². The molecular weight excluding hydrogens is 248 g/mol. The Hall–Kier alpha value is -2.10. The molecule has 20 heavy (non-hydrogen) atoms. The largest absolute Gasteiger partial charge is 0.384 e. The van der Waals surface area contributed by atoms with Gasteiger partial charge in [0.2, 0.25) is 0 Å². The van der Waals surface area contributed by atoms with Gasteiger partial charge in [-0.1, -0.05) is 29.8 Å². The Morgan fingerprint density at radius 2 is 1.90 bits per heavy atom. The molecule has 2 N–H and O–H groups in total. The number of anilines is 2. The van der Waals surface area contributed by atoms with Crippen molar-refractivity contribution in [3.63, 3.8) is 0 Å². The van der Waals surface area contributed by atoms with Crippen LogP contribution in [-0.2, 0) is 6.54 Å². The molecule has 0 atom stereocenters. The second-order valence-electron chi connectivity index (χ2n) is 5.63. The number of hydrogen-bond donors (Lipinski definition) is 1. The van der Waals surface area contributed by atoms with Crippen molar-refractivity contribution in [2.75, 3.05) is 17.7 Å². The van der Waals surface area contributed by atoms with Crippen LogP contribution in [0.3, 0.4) is 0 Å². The number of aromatic nitrogens is 2. The third-order valence-electron chi connectivity index (χ3n) is 3.62. The van der Waals surface area contributed by atoms with Crippen LogP contribution in [0, 0.1) is 6.92 Å². The lowest BCUT2D eigenvalue weighted by Crippen LogP contribution is -2.19. The summed E-state index contributed by atoms with van der Waals surface area (Å²) in [4.78, 5) is 11.1. The van der Waals surface area contributed by atoms with Crippen LogP contribution in [0.5, 0.6) is 0 Å². The number of nitrogen functional groups attached to an aromatic ring is 1. The maximum absolute atomic E-state index is 5.90. The minimum atomic E-state index is 0.519. The van der Waals surface area contributed by atoms with Crippen molar-refractivity contribution in [1.82, 2.24) is 9.97 Å². The maximum Gasteiger partial charge on any atom is 0.136 e. The first-order chi connectivity index (χ1) is 9.61. The summed E-state index contributed by atoms with van der Waals surface area (Å²) in [5.74, 6) is 2.88. The van der Waals surface area contributed by atoms with Crippen LogP contribution in [0.15, 0.2) is 30.3 Å². The minimum Gasteiger partial charge on any atom is -0.384 e. The third kappa shape index (κ3) is 2.90. The van der Waals surface area contributed by atoms with E-state index in [1.807, 2.05) is 13.1 Å². The van der Waals surface area contributed by atoms with Crippen LogP contribution in [0.2, 0.25) is 0 Å². The zero-order valence-electron chi connectivity index (χ0n) is 12.0. The lowest BCUT2D eigenvalue weighted by atomic mass is 10.1. The molecule has 0 amide bonds. The van der Waals surface area contributed by atoms with Gasteiger partial charge in [-0.3, -0.25) is 0 Å². The Kier molecular flexibility index (Phi) is 3.30.